The molecule has 1 aliphatic carbocycles. The molecule has 0 aromatic heterocycles. The number of hydrogen-bond donors (Lipinski definition) is 0. The van der Waals surface area contributed by atoms with Crippen molar-refractivity contribution in [3.8, 4) is 28.4 Å². The molecule has 0 bridgehead atoms. The molecule has 5 aromatic carbocycles. The van der Waals surface area contributed by atoms with Gasteiger partial charge in [0, 0.05) is 34.7 Å². The molecule has 5 aromatic rings. The zero-order valence-corrected chi connectivity index (χ0v) is 24.9. The van der Waals surface area contributed by atoms with Crippen LogP contribution in [0.2, 0.25) is 0 Å². The van der Waals surface area contributed by atoms with Crippen molar-refractivity contribution in [3.63, 3.8) is 0 Å². The molecule has 0 spiro atoms. The summed E-state index contributed by atoms with van der Waals surface area (Å²) in [4.78, 5) is 0. The standard InChI is InChI=1S/C38H34O4/c1-23-7-17-29-32(21-23)36-31(35-34(29)30-18-8-24(2)22-33(30)37(35,3)41-6)19-20-38(42-36,25-9-13-27(39-4)14-10-25)26-11-15-28(40-5)16-12-26/h7-22H,1-6H3. The Hall–Kier alpha value is -4.54. The minimum Gasteiger partial charge on any atom is -0.497 e. The molecule has 0 saturated carbocycles. The predicted octanol–water partition coefficient (Wildman–Crippen LogP) is 8.71. The Balaban J connectivity index is 1.55. The molecule has 0 saturated heterocycles. The summed E-state index contributed by atoms with van der Waals surface area (Å²) in [6.45, 7) is 6.45. The van der Waals surface area contributed by atoms with Crippen molar-refractivity contribution in [1.82, 2.24) is 0 Å². The van der Waals surface area contributed by atoms with Gasteiger partial charge in [-0.3, -0.25) is 0 Å². The van der Waals surface area contributed by atoms with Crippen LogP contribution < -0.4 is 14.2 Å². The van der Waals surface area contributed by atoms with E-state index in [1.807, 2.05) is 24.3 Å². The van der Waals surface area contributed by atoms with Crippen molar-refractivity contribution in [1.29, 1.82) is 0 Å². The molecule has 1 unspecified atom stereocenters. The summed E-state index contributed by atoms with van der Waals surface area (Å²) in [6, 6.07) is 29.6. The fourth-order valence-corrected chi connectivity index (χ4v) is 6.80. The molecule has 1 aliphatic heterocycles. The summed E-state index contributed by atoms with van der Waals surface area (Å²) >= 11 is 0. The number of benzene rings is 5. The van der Waals surface area contributed by atoms with Gasteiger partial charge >= 0.3 is 0 Å². The van der Waals surface area contributed by atoms with Gasteiger partial charge in [0.1, 0.15) is 22.8 Å². The highest BCUT2D eigenvalue weighted by atomic mass is 16.5. The normalized spacial score (nSPS) is 17.8. The van der Waals surface area contributed by atoms with Crippen LogP contribution in [0, 0.1) is 13.8 Å². The van der Waals surface area contributed by atoms with Crippen molar-refractivity contribution in [2.24, 2.45) is 0 Å². The minimum absolute atomic E-state index is 0.631. The maximum absolute atomic E-state index is 7.37. The first-order valence-corrected chi connectivity index (χ1v) is 14.3. The average Bonchev–Trinajstić information content (AvgIpc) is 3.29. The third-order valence-electron chi connectivity index (χ3n) is 9.08. The Bertz CT molecular complexity index is 1840. The smallest absolute Gasteiger partial charge is 0.178 e. The van der Waals surface area contributed by atoms with Crippen LogP contribution in [0.3, 0.4) is 0 Å². The maximum Gasteiger partial charge on any atom is 0.178 e. The van der Waals surface area contributed by atoms with Gasteiger partial charge in [-0.1, -0.05) is 71.8 Å². The Morgan fingerprint density at radius 2 is 1.26 bits per heavy atom. The number of aryl methyl sites for hydroxylation is 2. The van der Waals surface area contributed by atoms with E-state index in [2.05, 4.69) is 93.6 Å². The fourth-order valence-electron chi connectivity index (χ4n) is 6.80. The van der Waals surface area contributed by atoms with Gasteiger partial charge in [0.15, 0.2) is 5.60 Å². The van der Waals surface area contributed by atoms with Crippen molar-refractivity contribution < 1.29 is 18.9 Å². The summed E-state index contributed by atoms with van der Waals surface area (Å²) in [5.74, 6) is 2.45. The number of fused-ring (bicyclic) bond motifs is 8. The molecule has 42 heavy (non-hydrogen) atoms. The van der Waals surface area contributed by atoms with Gasteiger partial charge in [-0.15, -0.1) is 0 Å². The number of rotatable bonds is 5. The zero-order chi connectivity index (χ0) is 29.2. The predicted molar refractivity (Wildman–Crippen MR) is 169 cm³/mol. The van der Waals surface area contributed by atoms with Crippen LogP contribution >= 0.6 is 0 Å². The van der Waals surface area contributed by atoms with E-state index < -0.39 is 11.2 Å². The van der Waals surface area contributed by atoms with Gasteiger partial charge in [-0.2, -0.15) is 0 Å². The van der Waals surface area contributed by atoms with E-state index in [4.69, 9.17) is 18.9 Å². The highest BCUT2D eigenvalue weighted by molar-refractivity contribution is 6.08. The van der Waals surface area contributed by atoms with Crippen molar-refractivity contribution in [3.05, 3.63) is 130 Å². The Kier molecular flexibility index (Phi) is 5.96. The van der Waals surface area contributed by atoms with Gasteiger partial charge < -0.3 is 18.9 Å². The first-order chi connectivity index (χ1) is 20.3. The third-order valence-corrected chi connectivity index (χ3v) is 9.08. The van der Waals surface area contributed by atoms with Gasteiger partial charge in [0.25, 0.3) is 0 Å². The largest absolute Gasteiger partial charge is 0.497 e. The summed E-state index contributed by atoms with van der Waals surface area (Å²) in [5.41, 5.74) is 8.72. The number of hydrogen-bond acceptors (Lipinski definition) is 4. The van der Waals surface area contributed by atoms with E-state index in [9.17, 15) is 0 Å². The topological polar surface area (TPSA) is 36.9 Å². The molecule has 2 aliphatic rings. The Labute approximate surface area is 247 Å². The highest BCUT2D eigenvalue weighted by Gasteiger charge is 2.46. The second-order valence-corrected chi connectivity index (χ2v) is 11.5. The van der Waals surface area contributed by atoms with E-state index in [0.29, 0.717) is 0 Å². The van der Waals surface area contributed by atoms with Crippen LogP contribution in [0.25, 0.3) is 28.0 Å². The molecule has 4 heteroatoms. The molecule has 4 nitrogen and oxygen atoms in total. The van der Waals surface area contributed by atoms with Crippen LogP contribution in [0.4, 0.5) is 0 Å². The van der Waals surface area contributed by atoms with Crippen LogP contribution in [-0.4, -0.2) is 21.3 Å². The molecule has 0 N–H and O–H groups in total. The molecular weight excluding hydrogens is 520 g/mol. The first kappa shape index (κ1) is 26.4. The van der Waals surface area contributed by atoms with Crippen molar-refractivity contribution in [2.45, 2.75) is 32.0 Å². The van der Waals surface area contributed by atoms with Gasteiger partial charge in [-0.25, -0.2) is 0 Å². The van der Waals surface area contributed by atoms with Gasteiger partial charge in [0.2, 0.25) is 0 Å². The van der Waals surface area contributed by atoms with Crippen LogP contribution in [0.15, 0.2) is 91.0 Å². The molecule has 0 fully saturated rings. The highest BCUT2D eigenvalue weighted by Crippen LogP contribution is 2.58. The molecule has 7 rings (SSSR count). The molecule has 210 valence electrons. The Morgan fingerprint density at radius 3 is 1.86 bits per heavy atom. The lowest BCUT2D eigenvalue weighted by atomic mass is 9.80. The van der Waals surface area contributed by atoms with Crippen LogP contribution in [0.1, 0.15) is 45.9 Å². The minimum atomic E-state index is -0.873. The zero-order valence-electron chi connectivity index (χ0n) is 24.9. The van der Waals surface area contributed by atoms with E-state index in [-0.39, 0.29) is 0 Å². The molecule has 1 atom stereocenters. The lowest BCUT2D eigenvalue weighted by Crippen LogP contribution is -2.35. The first-order valence-electron chi connectivity index (χ1n) is 14.3. The van der Waals surface area contributed by atoms with E-state index in [1.54, 1.807) is 21.3 Å². The van der Waals surface area contributed by atoms with Crippen molar-refractivity contribution in [2.75, 3.05) is 21.3 Å². The van der Waals surface area contributed by atoms with Crippen LogP contribution in [-0.2, 0) is 15.9 Å². The number of ether oxygens (including phenoxy) is 4. The second kappa shape index (κ2) is 9.50. The van der Waals surface area contributed by atoms with Crippen molar-refractivity contribution >= 4 is 16.8 Å². The lowest BCUT2D eigenvalue weighted by Gasteiger charge is -2.38. The third kappa shape index (κ3) is 3.65. The number of methoxy groups -OCH3 is 3. The lowest BCUT2D eigenvalue weighted by molar-refractivity contribution is 0.0423. The second-order valence-electron chi connectivity index (χ2n) is 11.5. The fraction of sp³-hybridized carbons (Fsp3) is 0.211. The van der Waals surface area contributed by atoms with E-state index in [1.165, 1.54) is 27.8 Å². The molecule has 0 amide bonds. The van der Waals surface area contributed by atoms with E-state index in [0.717, 1.165) is 50.3 Å². The summed E-state index contributed by atoms with van der Waals surface area (Å²) in [7, 11) is 5.17. The summed E-state index contributed by atoms with van der Waals surface area (Å²) in [5, 5.41) is 2.25. The molecular formula is C38H34O4. The SMILES string of the molecule is COc1ccc(C2(c3ccc(OC)cc3)C=Cc3c4c(c5ccc(C)cc5c3O2)-c2ccc(C)cc2C4(C)OC)cc1. The van der Waals surface area contributed by atoms with Gasteiger partial charge in [-0.05, 0) is 79.3 Å². The van der Waals surface area contributed by atoms with E-state index >= 15 is 0 Å². The van der Waals surface area contributed by atoms with Gasteiger partial charge in [0.05, 0.1) is 14.2 Å². The monoisotopic (exact) mass is 554 g/mol. The maximum atomic E-state index is 7.37. The summed E-state index contributed by atoms with van der Waals surface area (Å²) in [6.07, 6.45) is 4.43. The summed E-state index contributed by atoms with van der Waals surface area (Å²) < 4.78 is 24.7. The Morgan fingerprint density at radius 1 is 0.667 bits per heavy atom. The molecule has 0 radical (unpaired) electrons. The quantitative estimate of drug-likeness (QED) is 0.218. The molecule has 1 heterocycles. The average molecular weight is 555 g/mol. The van der Waals surface area contributed by atoms with Crippen LogP contribution in [0.5, 0.6) is 17.2 Å².